The molecule has 1 saturated heterocycles. The maximum absolute atomic E-state index is 11.1. The monoisotopic (exact) mass is 300 g/mol. The van der Waals surface area contributed by atoms with E-state index in [4.69, 9.17) is 5.11 Å². The second-order valence-corrected chi connectivity index (χ2v) is 6.23. The summed E-state index contributed by atoms with van der Waals surface area (Å²) in [6.45, 7) is 5.79. The minimum atomic E-state index is -0.862. The van der Waals surface area contributed by atoms with Gasteiger partial charge < -0.3 is 14.6 Å². The van der Waals surface area contributed by atoms with Crippen LogP contribution in [0, 0.1) is 0 Å². The zero-order valence-electron chi connectivity index (χ0n) is 13.2. The van der Waals surface area contributed by atoms with Crippen LogP contribution in [-0.2, 0) is 0 Å². The summed E-state index contributed by atoms with van der Waals surface area (Å²) in [6.07, 6.45) is 7.01. The quantitative estimate of drug-likeness (QED) is 0.914. The fourth-order valence-electron chi connectivity index (χ4n) is 3.42. The van der Waals surface area contributed by atoms with Gasteiger partial charge in [0.25, 0.3) is 0 Å². The number of aromatic carboxylic acids is 1. The van der Waals surface area contributed by atoms with Crippen molar-refractivity contribution in [2.24, 2.45) is 0 Å². The molecule has 1 fully saturated rings. The average Bonchev–Trinajstić information content (AvgIpc) is 2.96. The summed E-state index contributed by atoms with van der Waals surface area (Å²) in [6, 6.07) is 7.99. The number of hydrogen-bond acceptors (Lipinski definition) is 2. The molecule has 0 radical (unpaired) electrons. The molecular formula is C18H24N2O2. The van der Waals surface area contributed by atoms with Crippen molar-refractivity contribution in [3.63, 3.8) is 0 Å². The lowest BCUT2D eigenvalue weighted by molar-refractivity contribution is 0.0697. The highest BCUT2D eigenvalue weighted by Crippen LogP contribution is 2.28. The second-order valence-electron chi connectivity index (χ2n) is 6.23. The first-order valence-electron chi connectivity index (χ1n) is 8.25. The molecule has 1 aromatic carbocycles. The van der Waals surface area contributed by atoms with E-state index in [2.05, 4.69) is 22.6 Å². The van der Waals surface area contributed by atoms with E-state index in [9.17, 15) is 4.79 Å². The number of nitrogens with zero attached hydrogens (tertiary/aromatic N) is 2. The third-order valence-electron chi connectivity index (χ3n) is 4.75. The molecule has 1 aromatic heterocycles. The molecule has 0 bridgehead atoms. The predicted octanol–water partition coefficient (Wildman–Crippen LogP) is 3.78. The van der Waals surface area contributed by atoms with Crippen molar-refractivity contribution < 1.29 is 9.90 Å². The number of rotatable bonds is 5. The first kappa shape index (κ1) is 15.1. The van der Waals surface area contributed by atoms with Gasteiger partial charge in [0.1, 0.15) is 0 Å². The topological polar surface area (TPSA) is 45.5 Å². The fourth-order valence-corrected chi connectivity index (χ4v) is 3.42. The zero-order chi connectivity index (χ0) is 15.5. The third-order valence-corrected chi connectivity index (χ3v) is 4.75. The van der Waals surface area contributed by atoms with E-state index in [1.807, 2.05) is 12.1 Å². The number of hydrogen-bond donors (Lipinski definition) is 1. The predicted molar refractivity (Wildman–Crippen MR) is 88.5 cm³/mol. The smallest absolute Gasteiger partial charge is 0.335 e. The maximum Gasteiger partial charge on any atom is 0.335 e. The minimum absolute atomic E-state index is 0.361. The van der Waals surface area contributed by atoms with Crippen LogP contribution in [0.4, 0.5) is 0 Å². The van der Waals surface area contributed by atoms with E-state index < -0.39 is 5.97 Å². The van der Waals surface area contributed by atoms with Crippen LogP contribution in [0.1, 0.15) is 49.0 Å². The highest BCUT2D eigenvalue weighted by molar-refractivity contribution is 5.93. The molecule has 1 N–H and O–H groups in total. The van der Waals surface area contributed by atoms with Crippen molar-refractivity contribution in [3.8, 4) is 0 Å². The van der Waals surface area contributed by atoms with Crippen LogP contribution >= 0.6 is 0 Å². The van der Waals surface area contributed by atoms with Crippen LogP contribution in [0.5, 0.6) is 0 Å². The maximum atomic E-state index is 11.1. The van der Waals surface area contributed by atoms with Gasteiger partial charge in [0.15, 0.2) is 0 Å². The Balaban J connectivity index is 1.73. The molecule has 0 spiro atoms. The van der Waals surface area contributed by atoms with Crippen LogP contribution in [-0.4, -0.2) is 40.2 Å². The fraction of sp³-hybridized carbons (Fsp3) is 0.500. The molecule has 0 saturated carbocycles. The minimum Gasteiger partial charge on any atom is -0.478 e. The van der Waals surface area contributed by atoms with Gasteiger partial charge in [-0.25, -0.2) is 4.79 Å². The van der Waals surface area contributed by atoms with Crippen molar-refractivity contribution in [2.45, 2.75) is 38.6 Å². The van der Waals surface area contributed by atoms with E-state index in [-0.39, 0.29) is 0 Å². The first-order valence-corrected chi connectivity index (χ1v) is 8.25. The van der Waals surface area contributed by atoms with Gasteiger partial charge in [-0.1, -0.05) is 13.3 Å². The Bertz CT molecular complexity index is 654. The highest BCUT2D eigenvalue weighted by Gasteiger charge is 2.21. The highest BCUT2D eigenvalue weighted by atomic mass is 16.4. The Hall–Kier alpha value is -1.81. The number of carboxylic acids is 1. The molecule has 4 heteroatoms. The van der Waals surface area contributed by atoms with Crippen molar-refractivity contribution in [1.29, 1.82) is 0 Å². The largest absolute Gasteiger partial charge is 0.478 e. The molecule has 2 heterocycles. The van der Waals surface area contributed by atoms with Crippen LogP contribution in [0.3, 0.4) is 0 Å². The van der Waals surface area contributed by atoms with Crippen molar-refractivity contribution in [1.82, 2.24) is 9.47 Å². The molecule has 0 amide bonds. The Kier molecular flexibility index (Phi) is 4.48. The van der Waals surface area contributed by atoms with E-state index >= 15 is 0 Å². The van der Waals surface area contributed by atoms with Crippen molar-refractivity contribution in [3.05, 3.63) is 36.0 Å². The molecule has 4 nitrogen and oxygen atoms in total. The van der Waals surface area contributed by atoms with E-state index in [1.54, 1.807) is 12.1 Å². The van der Waals surface area contributed by atoms with E-state index in [0.717, 1.165) is 24.0 Å². The molecule has 1 aliphatic heterocycles. The summed E-state index contributed by atoms with van der Waals surface area (Å²) in [5, 5.41) is 10.1. The summed E-state index contributed by atoms with van der Waals surface area (Å²) in [5.41, 5.74) is 1.51. The van der Waals surface area contributed by atoms with Crippen LogP contribution in [0.25, 0.3) is 10.9 Å². The summed E-state index contributed by atoms with van der Waals surface area (Å²) in [7, 11) is 0. The zero-order valence-corrected chi connectivity index (χ0v) is 13.2. The number of carbonyl (C=O) groups is 1. The Morgan fingerprint density at radius 1 is 1.27 bits per heavy atom. The lowest BCUT2D eigenvalue weighted by Crippen LogP contribution is -2.35. The van der Waals surface area contributed by atoms with E-state index in [0.29, 0.717) is 11.6 Å². The van der Waals surface area contributed by atoms with Gasteiger partial charge in [-0.15, -0.1) is 0 Å². The number of benzene rings is 1. The van der Waals surface area contributed by atoms with E-state index in [1.165, 1.54) is 32.2 Å². The number of fused-ring (bicyclic) bond motifs is 1. The molecule has 2 aromatic rings. The third kappa shape index (κ3) is 3.02. The van der Waals surface area contributed by atoms with Crippen molar-refractivity contribution >= 4 is 16.9 Å². The van der Waals surface area contributed by atoms with Gasteiger partial charge >= 0.3 is 5.97 Å². The summed E-state index contributed by atoms with van der Waals surface area (Å²) in [5.74, 6) is -0.862. The molecule has 118 valence electrons. The number of aromatic nitrogens is 1. The Labute approximate surface area is 131 Å². The molecule has 3 rings (SSSR count). The molecule has 0 atom stereocenters. The average molecular weight is 300 g/mol. The van der Waals surface area contributed by atoms with Gasteiger partial charge in [0, 0.05) is 36.2 Å². The summed E-state index contributed by atoms with van der Waals surface area (Å²) in [4.78, 5) is 13.6. The first-order chi connectivity index (χ1) is 10.7. The number of unbranched alkanes of at least 4 members (excludes halogenated alkanes) is 1. The molecule has 22 heavy (non-hydrogen) atoms. The standard InChI is InChI=1S/C18H24N2O2/c1-2-3-9-19-10-7-16(8-11-19)20-12-6-14-13-15(18(21)22)4-5-17(14)20/h4-6,12-13,16H,2-3,7-11H2,1H3,(H,21,22). The van der Waals surface area contributed by atoms with Crippen LogP contribution in [0.15, 0.2) is 30.5 Å². The molecule has 0 unspecified atom stereocenters. The van der Waals surface area contributed by atoms with Gasteiger partial charge in [-0.3, -0.25) is 0 Å². The van der Waals surface area contributed by atoms with Gasteiger partial charge in [0.05, 0.1) is 5.56 Å². The number of piperidine rings is 1. The molecular weight excluding hydrogens is 276 g/mol. The molecule has 0 aliphatic carbocycles. The van der Waals surface area contributed by atoms with Gasteiger partial charge in [0.2, 0.25) is 0 Å². The lowest BCUT2D eigenvalue weighted by Gasteiger charge is -2.33. The normalized spacial score (nSPS) is 17.1. The van der Waals surface area contributed by atoms with Crippen LogP contribution in [0.2, 0.25) is 0 Å². The van der Waals surface area contributed by atoms with Crippen LogP contribution < -0.4 is 0 Å². The number of likely N-dealkylation sites (tertiary alicyclic amines) is 1. The number of carboxylic acid groups (broad SMARTS) is 1. The second kappa shape index (κ2) is 6.53. The SMILES string of the molecule is CCCCN1CCC(n2ccc3cc(C(=O)O)ccc32)CC1. The van der Waals surface area contributed by atoms with Gasteiger partial charge in [-0.2, -0.15) is 0 Å². The molecule has 1 aliphatic rings. The Morgan fingerprint density at radius 2 is 2.05 bits per heavy atom. The Morgan fingerprint density at radius 3 is 2.73 bits per heavy atom. The summed E-state index contributed by atoms with van der Waals surface area (Å²) >= 11 is 0. The van der Waals surface area contributed by atoms with Gasteiger partial charge in [-0.05, 0) is 50.1 Å². The lowest BCUT2D eigenvalue weighted by atomic mass is 10.0. The van der Waals surface area contributed by atoms with Crippen molar-refractivity contribution in [2.75, 3.05) is 19.6 Å². The summed E-state index contributed by atoms with van der Waals surface area (Å²) < 4.78 is 2.33.